The molecule has 3 aliphatic rings. The lowest BCUT2D eigenvalue weighted by Gasteiger charge is -2.31. The summed E-state index contributed by atoms with van der Waals surface area (Å²) < 4.78 is 4.58. The van der Waals surface area contributed by atoms with Gasteiger partial charge in [0.25, 0.3) is 5.91 Å². The number of quaternary nitrogens is 1. The van der Waals surface area contributed by atoms with Gasteiger partial charge in [-0.25, -0.2) is 0 Å². The van der Waals surface area contributed by atoms with Crippen LogP contribution in [0.4, 0.5) is 0 Å². The van der Waals surface area contributed by atoms with Gasteiger partial charge in [-0.05, 0) is 26.8 Å². The van der Waals surface area contributed by atoms with Crippen molar-refractivity contribution >= 4 is 23.6 Å². The standard InChI is InChI=1S/C16H20N2O4S/c1-16(2,3)22-15(20)13-11(14(19)17-6-8-23-10-17)9-18(21)7-4-5-12(13)18/h4-5,7,9,13H,6,8,10H2,1-3H3/t13-,18?/m0/s1. The summed E-state index contributed by atoms with van der Waals surface area (Å²) in [5.41, 5.74) is -0.121. The number of fused-ring (bicyclic) bond motifs is 1. The first-order chi connectivity index (χ1) is 10.7. The number of hydrogen-bond acceptors (Lipinski definition) is 5. The van der Waals surface area contributed by atoms with Crippen molar-refractivity contribution in [3.05, 3.63) is 41.0 Å². The average Bonchev–Trinajstić information content (AvgIpc) is 3.09. The molecule has 1 unspecified atom stereocenters. The number of esters is 1. The van der Waals surface area contributed by atoms with Crippen molar-refractivity contribution in [2.45, 2.75) is 26.4 Å². The third kappa shape index (κ3) is 2.96. The van der Waals surface area contributed by atoms with Crippen LogP contribution in [0, 0.1) is 11.1 Å². The van der Waals surface area contributed by atoms with Crippen molar-refractivity contribution in [2.24, 2.45) is 5.92 Å². The van der Waals surface area contributed by atoms with Gasteiger partial charge in [0, 0.05) is 18.4 Å². The number of hydroxylamine groups is 3. The van der Waals surface area contributed by atoms with Crippen molar-refractivity contribution in [3.8, 4) is 0 Å². The molecule has 2 atom stereocenters. The first kappa shape index (κ1) is 16.3. The molecular weight excluding hydrogens is 316 g/mol. The van der Waals surface area contributed by atoms with Gasteiger partial charge in [-0.15, -0.1) is 11.8 Å². The summed E-state index contributed by atoms with van der Waals surface area (Å²) in [5, 5.41) is 12.8. The van der Waals surface area contributed by atoms with Crippen LogP contribution in [0.3, 0.4) is 0 Å². The number of rotatable bonds is 2. The van der Waals surface area contributed by atoms with Crippen molar-refractivity contribution in [1.29, 1.82) is 0 Å². The average molecular weight is 336 g/mol. The largest absolute Gasteiger partial charge is 0.617 e. The molecule has 3 heterocycles. The summed E-state index contributed by atoms with van der Waals surface area (Å²) in [4.78, 5) is 27.0. The number of carbonyl (C=O) groups is 2. The lowest BCUT2D eigenvalue weighted by molar-refractivity contribution is -0.725. The predicted octanol–water partition coefficient (Wildman–Crippen LogP) is 2.10. The second-order valence-electron chi connectivity index (χ2n) is 6.80. The minimum atomic E-state index is -0.931. The van der Waals surface area contributed by atoms with E-state index < -0.39 is 22.1 Å². The van der Waals surface area contributed by atoms with Crippen molar-refractivity contribution < 1.29 is 19.0 Å². The Morgan fingerprint density at radius 2 is 2.17 bits per heavy atom. The molecule has 0 saturated carbocycles. The van der Waals surface area contributed by atoms with Gasteiger partial charge in [0.05, 0.1) is 11.4 Å². The quantitative estimate of drug-likeness (QED) is 0.439. The van der Waals surface area contributed by atoms with E-state index in [1.54, 1.807) is 49.6 Å². The Bertz CT molecular complexity index is 641. The van der Waals surface area contributed by atoms with Crippen LogP contribution in [-0.2, 0) is 14.3 Å². The van der Waals surface area contributed by atoms with E-state index in [9.17, 15) is 14.8 Å². The zero-order valence-electron chi connectivity index (χ0n) is 13.4. The molecule has 0 aromatic carbocycles. The zero-order chi connectivity index (χ0) is 16.8. The van der Waals surface area contributed by atoms with Gasteiger partial charge < -0.3 is 14.8 Å². The molecule has 6 nitrogen and oxygen atoms in total. The minimum absolute atomic E-state index is 0.229. The Morgan fingerprint density at radius 1 is 1.43 bits per heavy atom. The number of allylic oxidation sites excluding steroid dienone is 2. The molecule has 0 aromatic heterocycles. The SMILES string of the molecule is CC(C)(C)OC(=O)[C@H]1C(C(=O)N2CCSC2)=C[N+]2([O-])C=CC=C12. The van der Waals surface area contributed by atoms with Crippen molar-refractivity contribution in [2.75, 3.05) is 18.2 Å². The van der Waals surface area contributed by atoms with Gasteiger partial charge in [0.2, 0.25) is 0 Å². The van der Waals surface area contributed by atoms with Crippen LogP contribution in [0.5, 0.6) is 0 Å². The van der Waals surface area contributed by atoms with Crippen LogP contribution in [0.25, 0.3) is 0 Å². The molecule has 1 amide bonds. The predicted molar refractivity (Wildman–Crippen MR) is 87.3 cm³/mol. The fourth-order valence-electron chi connectivity index (χ4n) is 2.87. The van der Waals surface area contributed by atoms with E-state index in [4.69, 9.17) is 4.74 Å². The molecule has 0 aromatic rings. The summed E-state index contributed by atoms with van der Waals surface area (Å²) in [7, 11) is 0. The maximum Gasteiger partial charge on any atom is 0.324 e. The maximum atomic E-state index is 12.8. The third-order valence-electron chi connectivity index (χ3n) is 3.85. The fourth-order valence-corrected chi connectivity index (χ4v) is 3.82. The lowest BCUT2D eigenvalue weighted by atomic mass is 9.97. The van der Waals surface area contributed by atoms with E-state index in [2.05, 4.69) is 0 Å². The number of amides is 1. The molecule has 124 valence electrons. The van der Waals surface area contributed by atoms with Crippen LogP contribution in [0.2, 0.25) is 0 Å². The summed E-state index contributed by atoms with van der Waals surface area (Å²) in [5.74, 6) is -0.265. The number of hydrogen-bond donors (Lipinski definition) is 0. The highest BCUT2D eigenvalue weighted by Crippen LogP contribution is 2.43. The Balaban J connectivity index is 1.93. The van der Waals surface area contributed by atoms with Gasteiger partial charge in [-0.2, -0.15) is 0 Å². The van der Waals surface area contributed by atoms with Gasteiger partial charge in [-0.1, -0.05) is 0 Å². The lowest BCUT2D eigenvalue weighted by Crippen LogP contribution is -2.36. The molecule has 7 heteroatoms. The molecule has 0 spiro atoms. The van der Waals surface area contributed by atoms with E-state index in [0.717, 1.165) is 5.75 Å². The molecule has 3 rings (SSSR count). The molecule has 1 fully saturated rings. The Morgan fingerprint density at radius 3 is 2.78 bits per heavy atom. The fraction of sp³-hybridized carbons (Fsp3) is 0.500. The number of ether oxygens (including phenoxy) is 1. The molecule has 3 aliphatic heterocycles. The summed E-state index contributed by atoms with van der Waals surface area (Å²) in [6, 6.07) is 0. The van der Waals surface area contributed by atoms with Crippen LogP contribution in [-0.4, -0.2) is 45.2 Å². The summed E-state index contributed by atoms with van der Waals surface area (Å²) >= 11 is 1.66. The van der Waals surface area contributed by atoms with E-state index in [0.29, 0.717) is 18.1 Å². The summed E-state index contributed by atoms with van der Waals surface area (Å²) in [6.45, 7) is 5.93. The van der Waals surface area contributed by atoms with Gasteiger partial charge in [0.1, 0.15) is 23.7 Å². The summed E-state index contributed by atoms with van der Waals surface area (Å²) in [6.07, 6.45) is 5.97. The minimum Gasteiger partial charge on any atom is -0.617 e. The molecule has 1 saturated heterocycles. The number of carbonyl (C=O) groups excluding carboxylic acids is 2. The van der Waals surface area contributed by atoms with E-state index in [1.165, 1.54) is 12.4 Å². The van der Waals surface area contributed by atoms with E-state index in [-0.39, 0.29) is 11.5 Å². The van der Waals surface area contributed by atoms with Crippen LogP contribution in [0.1, 0.15) is 20.8 Å². The maximum absolute atomic E-state index is 12.8. The zero-order valence-corrected chi connectivity index (χ0v) is 14.3. The molecule has 23 heavy (non-hydrogen) atoms. The highest BCUT2D eigenvalue weighted by molar-refractivity contribution is 7.99. The molecule has 0 bridgehead atoms. The second kappa shape index (κ2) is 5.51. The highest BCUT2D eigenvalue weighted by atomic mass is 32.2. The Kier molecular flexibility index (Phi) is 3.90. The molecule has 0 N–H and O–H groups in total. The Hall–Kier alpha value is -1.57. The van der Waals surface area contributed by atoms with Crippen LogP contribution in [0.15, 0.2) is 35.8 Å². The van der Waals surface area contributed by atoms with Crippen molar-refractivity contribution in [1.82, 2.24) is 4.90 Å². The van der Waals surface area contributed by atoms with Gasteiger partial charge in [-0.3, -0.25) is 14.2 Å². The number of thioether (sulfide) groups is 1. The smallest absolute Gasteiger partial charge is 0.324 e. The van der Waals surface area contributed by atoms with Crippen LogP contribution >= 0.6 is 11.8 Å². The highest BCUT2D eigenvalue weighted by Gasteiger charge is 2.50. The molecular formula is C16H20N2O4S. The van der Waals surface area contributed by atoms with E-state index in [1.807, 2.05) is 0 Å². The number of nitrogens with zero attached hydrogens (tertiary/aromatic N) is 2. The molecule has 0 radical (unpaired) electrons. The van der Waals surface area contributed by atoms with Crippen LogP contribution < -0.4 is 0 Å². The first-order valence-corrected chi connectivity index (χ1v) is 8.69. The Labute approximate surface area is 139 Å². The normalized spacial score (nSPS) is 29.4. The van der Waals surface area contributed by atoms with Gasteiger partial charge >= 0.3 is 5.97 Å². The van der Waals surface area contributed by atoms with E-state index >= 15 is 0 Å². The third-order valence-corrected chi connectivity index (χ3v) is 4.81. The topological polar surface area (TPSA) is 69.7 Å². The first-order valence-electron chi connectivity index (χ1n) is 7.53. The monoisotopic (exact) mass is 336 g/mol. The van der Waals surface area contributed by atoms with Gasteiger partial charge in [0.15, 0.2) is 5.92 Å². The molecule has 0 aliphatic carbocycles. The second-order valence-corrected chi connectivity index (χ2v) is 7.87. The van der Waals surface area contributed by atoms with Crippen molar-refractivity contribution in [3.63, 3.8) is 0 Å².